The lowest BCUT2D eigenvalue weighted by molar-refractivity contribution is 0.456. The topological polar surface area (TPSA) is 35.0 Å². The first-order chi connectivity index (χ1) is 7.63. The average molecular weight is 304 g/mol. The summed E-state index contributed by atoms with van der Waals surface area (Å²) in [5, 5.41) is 0.264. The second-order valence-electron chi connectivity index (χ2n) is 2.89. The Morgan fingerprint density at radius 2 is 2.00 bits per heavy atom. The molecule has 2 rings (SSSR count). The molecule has 0 atom stereocenters. The van der Waals surface area contributed by atoms with Crippen molar-refractivity contribution in [3.05, 3.63) is 46.0 Å². The number of rotatable bonds is 2. The molecule has 3 nitrogen and oxygen atoms in total. The smallest absolute Gasteiger partial charge is 0.223 e. The first-order valence-electron chi connectivity index (χ1n) is 4.25. The van der Waals surface area contributed by atoms with E-state index in [9.17, 15) is 4.39 Å². The first kappa shape index (κ1) is 11.3. The molecule has 1 aromatic carbocycles. The lowest BCUT2D eigenvalue weighted by Crippen LogP contribution is -1.89. The molecule has 2 aromatic rings. The number of aromatic nitrogens is 2. The summed E-state index contributed by atoms with van der Waals surface area (Å²) in [5.41, 5.74) is 0. The number of ether oxygens (including phenoxy) is 1. The van der Waals surface area contributed by atoms with E-state index < -0.39 is 5.82 Å². The van der Waals surface area contributed by atoms with E-state index in [1.54, 1.807) is 6.07 Å². The third kappa shape index (κ3) is 2.90. The van der Waals surface area contributed by atoms with Crippen LogP contribution >= 0.6 is 27.5 Å². The molecule has 82 valence electrons. The van der Waals surface area contributed by atoms with Crippen LogP contribution < -0.4 is 4.74 Å². The SMILES string of the molecule is Fc1cc(Br)cc(Oc2cc(Cl)ncn2)c1. The molecular weight excluding hydrogens is 298 g/mol. The molecule has 1 heterocycles. The van der Waals surface area contributed by atoms with Crippen LogP contribution in [0.25, 0.3) is 0 Å². The maximum atomic E-state index is 13.0. The van der Waals surface area contributed by atoms with Crippen molar-refractivity contribution in [1.29, 1.82) is 0 Å². The van der Waals surface area contributed by atoms with Crippen LogP contribution in [0, 0.1) is 5.82 Å². The second-order valence-corrected chi connectivity index (χ2v) is 4.19. The normalized spacial score (nSPS) is 10.2. The maximum absolute atomic E-state index is 13.0. The Hall–Kier alpha value is -1.20. The van der Waals surface area contributed by atoms with Gasteiger partial charge in [0.25, 0.3) is 0 Å². The van der Waals surface area contributed by atoms with E-state index in [0.717, 1.165) is 0 Å². The second kappa shape index (κ2) is 4.76. The van der Waals surface area contributed by atoms with Crippen LogP contribution in [0.3, 0.4) is 0 Å². The summed E-state index contributed by atoms with van der Waals surface area (Å²) in [5.74, 6) is 0.198. The molecule has 0 saturated carbocycles. The maximum Gasteiger partial charge on any atom is 0.223 e. The standard InChI is InChI=1S/C10H5BrClFN2O/c11-6-1-7(13)3-8(2-6)16-10-4-9(12)14-5-15-10/h1-5H. The summed E-state index contributed by atoms with van der Waals surface area (Å²) in [6.45, 7) is 0. The zero-order valence-corrected chi connectivity index (χ0v) is 10.2. The molecule has 16 heavy (non-hydrogen) atoms. The van der Waals surface area contributed by atoms with Crippen LogP contribution in [0.15, 0.2) is 35.1 Å². The predicted octanol–water partition coefficient (Wildman–Crippen LogP) is 3.82. The van der Waals surface area contributed by atoms with Crippen molar-refractivity contribution in [2.75, 3.05) is 0 Å². The molecular formula is C10H5BrClFN2O. The van der Waals surface area contributed by atoms with E-state index in [1.807, 2.05) is 0 Å². The fourth-order valence-electron chi connectivity index (χ4n) is 1.08. The Kier molecular flexibility index (Phi) is 3.36. The van der Waals surface area contributed by atoms with Gasteiger partial charge in [-0.25, -0.2) is 14.4 Å². The molecule has 0 aliphatic carbocycles. The number of hydrogen-bond donors (Lipinski definition) is 0. The Morgan fingerprint density at radius 3 is 2.69 bits per heavy atom. The summed E-state index contributed by atoms with van der Waals surface area (Å²) in [6.07, 6.45) is 1.27. The van der Waals surface area contributed by atoms with Crippen molar-refractivity contribution >= 4 is 27.5 Å². The summed E-state index contributed by atoms with van der Waals surface area (Å²) < 4.78 is 18.9. The Balaban J connectivity index is 2.27. The fourth-order valence-corrected chi connectivity index (χ4v) is 1.66. The van der Waals surface area contributed by atoms with E-state index in [-0.39, 0.29) is 11.0 Å². The Bertz CT molecular complexity index is 504. The third-order valence-corrected chi connectivity index (χ3v) is 2.33. The molecule has 0 radical (unpaired) electrons. The van der Waals surface area contributed by atoms with E-state index in [1.165, 1.54) is 24.5 Å². The highest BCUT2D eigenvalue weighted by atomic mass is 79.9. The van der Waals surface area contributed by atoms with Gasteiger partial charge in [-0.05, 0) is 12.1 Å². The minimum Gasteiger partial charge on any atom is -0.439 e. The number of benzene rings is 1. The van der Waals surface area contributed by atoms with E-state index in [2.05, 4.69) is 25.9 Å². The van der Waals surface area contributed by atoms with Crippen molar-refractivity contribution < 1.29 is 9.13 Å². The highest BCUT2D eigenvalue weighted by Crippen LogP contribution is 2.25. The van der Waals surface area contributed by atoms with Gasteiger partial charge < -0.3 is 4.74 Å². The molecule has 0 fully saturated rings. The van der Waals surface area contributed by atoms with Gasteiger partial charge in [0.05, 0.1) is 0 Å². The van der Waals surface area contributed by atoms with Crippen molar-refractivity contribution in [2.45, 2.75) is 0 Å². The monoisotopic (exact) mass is 302 g/mol. The van der Waals surface area contributed by atoms with E-state index in [4.69, 9.17) is 16.3 Å². The molecule has 0 bridgehead atoms. The summed E-state index contributed by atoms with van der Waals surface area (Å²) in [6, 6.07) is 5.65. The third-order valence-electron chi connectivity index (χ3n) is 1.67. The van der Waals surface area contributed by atoms with Gasteiger partial charge in [-0.2, -0.15) is 0 Å². The van der Waals surface area contributed by atoms with Gasteiger partial charge in [-0.15, -0.1) is 0 Å². The quantitative estimate of drug-likeness (QED) is 0.791. The molecule has 0 spiro atoms. The van der Waals surface area contributed by atoms with Crippen LogP contribution in [0.1, 0.15) is 0 Å². The van der Waals surface area contributed by atoms with Gasteiger partial charge in [-0.3, -0.25) is 0 Å². The molecule has 6 heteroatoms. The van der Waals surface area contributed by atoms with Gasteiger partial charge in [0.15, 0.2) is 0 Å². The first-order valence-corrected chi connectivity index (χ1v) is 5.42. The van der Waals surface area contributed by atoms with Crippen LogP contribution in [0.5, 0.6) is 11.6 Å². The predicted molar refractivity (Wildman–Crippen MR) is 61.2 cm³/mol. The zero-order chi connectivity index (χ0) is 11.5. The fraction of sp³-hybridized carbons (Fsp3) is 0. The number of nitrogens with zero attached hydrogens (tertiary/aromatic N) is 2. The number of halogens is 3. The van der Waals surface area contributed by atoms with Crippen LogP contribution in [0.2, 0.25) is 5.15 Å². The van der Waals surface area contributed by atoms with Gasteiger partial charge in [0.1, 0.15) is 23.0 Å². The molecule has 0 aliphatic rings. The van der Waals surface area contributed by atoms with E-state index >= 15 is 0 Å². The Labute approximate surface area is 104 Å². The summed E-state index contributed by atoms with van der Waals surface area (Å²) >= 11 is 8.82. The lowest BCUT2D eigenvalue weighted by Gasteiger charge is -2.04. The lowest BCUT2D eigenvalue weighted by atomic mass is 10.3. The molecule has 0 unspecified atom stereocenters. The molecule has 1 aromatic heterocycles. The van der Waals surface area contributed by atoms with Crippen LogP contribution in [-0.4, -0.2) is 9.97 Å². The van der Waals surface area contributed by atoms with Crippen molar-refractivity contribution in [3.63, 3.8) is 0 Å². The van der Waals surface area contributed by atoms with Gasteiger partial charge >= 0.3 is 0 Å². The highest BCUT2D eigenvalue weighted by molar-refractivity contribution is 9.10. The van der Waals surface area contributed by atoms with Crippen LogP contribution in [0.4, 0.5) is 4.39 Å². The minimum absolute atomic E-state index is 0.262. The van der Waals surface area contributed by atoms with Gasteiger partial charge in [-0.1, -0.05) is 27.5 Å². The van der Waals surface area contributed by atoms with Gasteiger partial charge in [0, 0.05) is 16.6 Å². The van der Waals surface area contributed by atoms with Crippen LogP contribution in [-0.2, 0) is 0 Å². The average Bonchev–Trinajstić information content (AvgIpc) is 2.15. The van der Waals surface area contributed by atoms with Gasteiger partial charge in [0.2, 0.25) is 5.88 Å². The molecule has 0 amide bonds. The summed E-state index contributed by atoms with van der Waals surface area (Å²) in [7, 11) is 0. The van der Waals surface area contributed by atoms with Crippen molar-refractivity contribution in [2.24, 2.45) is 0 Å². The molecule has 0 N–H and O–H groups in total. The largest absolute Gasteiger partial charge is 0.439 e. The highest BCUT2D eigenvalue weighted by Gasteiger charge is 2.03. The van der Waals surface area contributed by atoms with E-state index in [0.29, 0.717) is 10.2 Å². The molecule has 0 aliphatic heterocycles. The zero-order valence-electron chi connectivity index (χ0n) is 7.82. The molecule has 0 saturated heterocycles. The Morgan fingerprint density at radius 1 is 1.19 bits per heavy atom. The minimum atomic E-state index is -0.399. The van der Waals surface area contributed by atoms with Crippen molar-refractivity contribution in [3.8, 4) is 11.6 Å². The number of hydrogen-bond acceptors (Lipinski definition) is 3. The summed E-state index contributed by atoms with van der Waals surface area (Å²) in [4.78, 5) is 7.55. The van der Waals surface area contributed by atoms with Crippen molar-refractivity contribution in [1.82, 2.24) is 9.97 Å².